The number of benzene rings is 4. The van der Waals surface area contributed by atoms with Crippen LogP contribution >= 0.6 is 0 Å². The van der Waals surface area contributed by atoms with Crippen LogP contribution in [0, 0.1) is 0 Å². The van der Waals surface area contributed by atoms with Crippen LogP contribution < -0.4 is 20.1 Å². The average Bonchev–Trinajstić information content (AvgIpc) is 3.94. The maximum absolute atomic E-state index is 5.84. The van der Waals surface area contributed by atoms with Crippen LogP contribution in [0.2, 0.25) is 0 Å². The summed E-state index contributed by atoms with van der Waals surface area (Å²) in [5.74, 6) is 1.80. The van der Waals surface area contributed by atoms with Crippen LogP contribution in [0.3, 0.4) is 0 Å². The summed E-state index contributed by atoms with van der Waals surface area (Å²) < 4.78 is 11.7. The van der Waals surface area contributed by atoms with Gasteiger partial charge in [0.15, 0.2) is 11.3 Å². The number of pyridine rings is 2. The van der Waals surface area contributed by atoms with Crippen LogP contribution in [0.15, 0.2) is 134 Å². The summed E-state index contributed by atoms with van der Waals surface area (Å²) in [7, 11) is 0. The third kappa shape index (κ3) is 8.07. The van der Waals surface area contributed by atoms with Crippen molar-refractivity contribution < 1.29 is 9.47 Å². The standard InChI is InChI=1S/2C23H20N6O/c2*1-14(2)30-22-20-21(26-13-25-20)28-23(29-22)27-16-8-9-19-18(12-16)17(10-11-24-19)15-6-4-3-5-7-15/h2*3-14H,1-2H3,(H2,25,26,27,28,29). The molecule has 6 heterocycles. The molecule has 0 amide bonds. The Hall–Kier alpha value is -8.00. The second kappa shape index (κ2) is 16.5. The van der Waals surface area contributed by atoms with Crippen molar-refractivity contribution in [1.82, 2.24) is 49.8 Å². The van der Waals surface area contributed by atoms with Gasteiger partial charge in [-0.1, -0.05) is 60.7 Å². The molecule has 14 heteroatoms. The lowest BCUT2D eigenvalue weighted by atomic mass is 10.0. The van der Waals surface area contributed by atoms with Gasteiger partial charge in [0, 0.05) is 34.5 Å². The minimum absolute atomic E-state index is 0.0144. The molecule has 0 spiro atoms. The summed E-state index contributed by atoms with van der Waals surface area (Å²) in [5, 5.41) is 8.67. The molecular weight excluding hydrogens is 753 g/mol. The molecule has 0 aliphatic heterocycles. The number of aromatic nitrogens is 10. The minimum atomic E-state index is -0.0144. The molecule has 0 unspecified atom stereocenters. The van der Waals surface area contributed by atoms with Gasteiger partial charge in [-0.2, -0.15) is 19.9 Å². The van der Waals surface area contributed by atoms with E-state index in [9.17, 15) is 0 Å². The first-order chi connectivity index (χ1) is 29.3. The quantitative estimate of drug-likeness (QED) is 0.103. The van der Waals surface area contributed by atoms with Gasteiger partial charge in [-0.25, -0.2) is 9.97 Å². The number of nitrogens with one attached hydrogen (secondary N) is 4. The van der Waals surface area contributed by atoms with Gasteiger partial charge in [0.2, 0.25) is 23.7 Å². The summed E-state index contributed by atoms with van der Waals surface area (Å²) in [6, 6.07) is 36.6. The number of hydrogen-bond donors (Lipinski definition) is 4. The van der Waals surface area contributed by atoms with Crippen molar-refractivity contribution in [2.24, 2.45) is 0 Å². The number of rotatable bonds is 10. The molecule has 6 aromatic heterocycles. The normalized spacial score (nSPS) is 11.3. The smallest absolute Gasteiger partial charge is 0.245 e. The monoisotopic (exact) mass is 792 g/mol. The van der Waals surface area contributed by atoms with E-state index in [-0.39, 0.29) is 12.2 Å². The fourth-order valence-electron chi connectivity index (χ4n) is 6.79. The van der Waals surface area contributed by atoms with E-state index in [2.05, 4.69) is 96.9 Å². The third-order valence-corrected chi connectivity index (χ3v) is 9.36. The zero-order chi connectivity index (χ0) is 41.0. The predicted molar refractivity (Wildman–Crippen MR) is 236 cm³/mol. The fraction of sp³-hybridized carbons (Fsp3) is 0.130. The summed E-state index contributed by atoms with van der Waals surface area (Å²) in [6.07, 6.45) is 6.82. The lowest BCUT2D eigenvalue weighted by molar-refractivity contribution is 0.235. The second-order valence-corrected chi connectivity index (χ2v) is 14.4. The lowest BCUT2D eigenvalue weighted by Gasteiger charge is -2.12. The Labute approximate surface area is 344 Å². The van der Waals surface area contributed by atoms with E-state index in [1.807, 2.05) is 113 Å². The van der Waals surface area contributed by atoms with Crippen LogP contribution in [0.4, 0.5) is 23.3 Å². The van der Waals surface area contributed by atoms with E-state index in [1.54, 1.807) is 12.7 Å². The first kappa shape index (κ1) is 37.6. The molecule has 4 aromatic carbocycles. The van der Waals surface area contributed by atoms with E-state index < -0.39 is 0 Å². The van der Waals surface area contributed by atoms with Crippen molar-refractivity contribution in [3.63, 3.8) is 0 Å². The average molecular weight is 793 g/mol. The van der Waals surface area contributed by atoms with Crippen molar-refractivity contribution in [3.8, 4) is 34.0 Å². The SMILES string of the molecule is CC(C)Oc1nc(Nc2ccc3nccc(-c4ccccc4)c3c2)nc2nc[nH]c12.CC(C)Oc1nc(Nc2ccc3nccc(-c4ccccc4)c3c2)nc2nc[nH]c12. The molecular formula is C46H40N12O2. The van der Waals surface area contributed by atoms with Gasteiger partial charge in [-0.15, -0.1) is 0 Å². The van der Waals surface area contributed by atoms with Gasteiger partial charge in [-0.05, 0) is 98.5 Å². The van der Waals surface area contributed by atoms with Crippen LogP contribution in [-0.4, -0.2) is 62.0 Å². The zero-order valence-electron chi connectivity index (χ0n) is 33.3. The number of aromatic amines is 2. The Morgan fingerprint density at radius 1 is 0.483 bits per heavy atom. The maximum atomic E-state index is 5.84. The van der Waals surface area contributed by atoms with E-state index in [0.717, 1.165) is 55.4 Å². The first-order valence-corrected chi connectivity index (χ1v) is 19.5. The molecule has 4 N–H and O–H groups in total. The molecule has 0 aliphatic carbocycles. The van der Waals surface area contributed by atoms with E-state index >= 15 is 0 Å². The van der Waals surface area contributed by atoms with Crippen molar-refractivity contribution in [2.45, 2.75) is 39.9 Å². The molecule has 0 radical (unpaired) electrons. The van der Waals surface area contributed by atoms with Crippen LogP contribution in [0.1, 0.15) is 27.7 Å². The Kier molecular flexibility index (Phi) is 10.3. The molecule has 296 valence electrons. The number of anilines is 4. The van der Waals surface area contributed by atoms with E-state index in [1.165, 1.54) is 0 Å². The van der Waals surface area contributed by atoms with Crippen molar-refractivity contribution in [3.05, 3.63) is 134 Å². The van der Waals surface area contributed by atoms with E-state index in [0.29, 0.717) is 46.0 Å². The molecule has 0 saturated heterocycles. The number of ether oxygens (including phenoxy) is 2. The highest BCUT2D eigenvalue weighted by molar-refractivity contribution is 5.97. The first-order valence-electron chi connectivity index (χ1n) is 19.5. The summed E-state index contributed by atoms with van der Waals surface area (Å²) in [4.78, 5) is 41.7. The Morgan fingerprint density at radius 3 is 1.33 bits per heavy atom. The van der Waals surface area contributed by atoms with Gasteiger partial charge >= 0.3 is 0 Å². The Bertz CT molecular complexity index is 2870. The number of hydrogen-bond acceptors (Lipinski definition) is 12. The van der Waals surface area contributed by atoms with Crippen molar-refractivity contribution in [2.75, 3.05) is 10.6 Å². The molecule has 0 saturated carbocycles. The molecule has 60 heavy (non-hydrogen) atoms. The third-order valence-electron chi connectivity index (χ3n) is 9.36. The largest absolute Gasteiger partial charge is 0.473 e. The predicted octanol–water partition coefficient (Wildman–Crippen LogP) is 10.2. The van der Waals surface area contributed by atoms with E-state index in [4.69, 9.17) is 9.47 Å². The van der Waals surface area contributed by atoms with Gasteiger partial charge in [0.1, 0.15) is 11.0 Å². The molecule has 10 aromatic rings. The molecule has 10 rings (SSSR count). The van der Waals surface area contributed by atoms with Crippen LogP contribution in [0.25, 0.3) is 66.4 Å². The highest BCUT2D eigenvalue weighted by Crippen LogP contribution is 2.33. The topological polar surface area (TPSA) is 177 Å². The summed E-state index contributed by atoms with van der Waals surface area (Å²) in [6.45, 7) is 7.83. The number of H-pyrrole nitrogens is 2. The highest BCUT2D eigenvalue weighted by atomic mass is 16.5. The molecule has 0 atom stereocenters. The highest BCUT2D eigenvalue weighted by Gasteiger charge is 2.15. The molecule has 0 fully saturated rings. The number of nitrogens with zero attached hydrogens (tertiary/aromatic N) is 8. The maximum Gasteiger partial charge on any atom is 0.245 e. The van der Waals surface area contributed by atoms with Gasteiger partial charge in [0.05, 0.1) is 35.9 Å². The van der Waals surface area contributed by atoms with Crippen LogP contribution in [0.5, 0.6) is 11.8 Å². The zero-order valence-corrected chi connectivity index (χ0v) is 33.3. The Balaban J connectivity index is 0.000000154. The molecule has 0 aliphatic rings. The number of fused-ring (bicyclic) bond motifs is 4. The van der Waals surface area contributed by atoms with Gasteiger partial charge < -0.3 is 30.1 Å². The Morgan fingerprint density at radius 2 is 0.917 bits per heavy atom. The van der Waals surface area contributed by atoms with Gasteiger partial charge in [0.25, 0.3) is 0 Å². The molecule has 14 nitrogen and oxygen atoms in total. The minimum Gasteiger partial charge on any atom is -0.473 e. The summed E-state index contributed by atoms with van der Waals surface area (Å²) in [5.41, 5.74) is 10.6. The molecule has 0 bridgehead atoms. The van der Waals surface area contributed by atoms with Crippen molar-refractivity contribution >= 4 is 67.4 Å². The number of imidazole rings is 2. The van der Waals surface area contributed by atoms with Gasteiger partial charge in [-0.3, -0.25) is 9.97 Å². The van der Waals surface area contributed by atoms with Crippen molar-refractivity contribution in [1.29, 1.82) is 0 Å². The van der Waals surface area contributed by atoms with Crippen LogP contribution in [-0.2, 0) is 0 Å². The second-order valence-electron chi connectivity index (χ2n) is 14.4. The fourth-order valence-corrected chi connectivity index (χ4v) is 6.79. The summed E-state index contributed by atoms with van der Waals surface area (Å²) >= 11 is 0. The lowest BCUT2D eigenvalue weighted by Crippen LogP contribution is -2.09.